The van der Waals surface area contributed by atoms with E-state index in [4.69, 9.17) is 10.5 Å². The van der Waals surface area contributed by atoms with Crippen molar-refractivity contribution in [3.05, 3.63) is 28.2 Å². The molecule has 1 aromatic rings. The lowest BCUT2D eigenvalue weighted by Gasteiger charge is -2.13. The van der Waals surface area contributed by atoms with Crippen LogP contribution >= 0.6 is 28.3 Å². The van der Waals surface area contributed by atoms with Crippen molar-refractivity contribution in [3.8, 4) is 5.75 Å². The lowest BCUT2D eigenvalue weighted by molar-refractivity contribution is 0.0947. The fourth-order valence-electron chi connectivity index (χ4n) is 1.85. The topological polar surface area (TPSA) is 64.3 Å². The lowest BCUT2D eigenvalue weighted by Crippen LogP contribution is -2.38. The number of hydrogen-bond acceptors (Lipinski definition) is 3. The largest absolute Gasteiger partial charge is 0.496 e. The molecule has 0 saturated heterocycles. The summed E-state index contributed by atoms with van der Waals surface area (Å²) in [5.74, 6) is 0.995. The summed E-state index contributed by atoms with van der Waals surface area (Å²) in [5.41, 5.74) is 6.48. The van der Waals surface area contributed by atoms with Crippen LogP contribution in [-0.4, -0.2) is 25.6 Å². The van der Waals surface area contributed by atoms with Gasteiger partial charge in [-0.25, -0.2) is 0 Å². The summed E-state index contributed by atoms with van der Waals surface area (Å²) in [6, 6.07) is 5.39. The van der Waals surface area contributed by atoms with Crippen LogP contribution in [0.3, 0.4) is 0 Å². The van der Waals surface area contributed by atoms with Crippen LogP contribution in [0.2, 0.25) is 0 Å². The van der Waals surface area contributed by atoms with Gasteiger partial charge >= 0.3 is 0 Å². The molecule has 1 fully saturated rings. The smallest absolute Gasteiger partial charge is 0.255 e. The monoisotopic (exact) mass is 348 g/mol. The minimum Gasteiger partial charge on any atom is -0.496 e. The summed E-state index contributed by atoms with van der Waals surface area (Å²) in [6.45, 7) is 0.517. The van der Waals surface area contributed by atoms with Gasteiger partial charge in [-0.3, -0.25) is 4.79 Å². The Kier molecular flexibility index (Phi) is 6.10. The van der Waals surface area contributed by atoms with Gasteiger partial charge in [-0.1, -0.05) is 15.9 Å². The molecule has 0 aromatic heterocycles. The minimum atomic E-state index is -0.143. The molecule has 1 aromatic carbocycles. The summed E-state index contributed by atoms with van der Waals surface area (Å²) < 4.78 is 6.07. The third-order valence-electron chi connectivity index (χ3n) is 3.13. The van der Waals surface area contributed by atoms with Crippen molar-refractivity contribution in [1.82, 2.24) is 5.32 Å². The molecule has 106 valence electrons. The predicted molar refractivity (Wildman–Crippen MR) is 81.0 cm³/mol. The second kappa shape index (κ2) is 7.12. The van der Waals surface area contributed by atoms with E-state index in [0.717, 1.165) is 4.47 Å². The van der Waals surface area contributed by atoms with Gasteiger partial charge in [0.1, 0.15) is 5.75 Å². The van der Waals surface area contributed by atoms with Gasteiger partial charge in [-0.2, -0.15) is 0 Å². The summed E-state index contributed by atoms with van der Waals surface area (Å²) in [4.78, 5) is 12.0. The number of nitrogens with two attached hydrogens (primary N) is 1. The maximum atomic E-state index is 12.0. The molecule has 6 heteroatoms. The van der Waals surface area contributed by atoms with Crippen molar-refractivity contribution < 1.29 is 9.53 Å². The molecule has 0 radical (unpaired) electrons. The first-order valence-electron chi connectivity index (χ1n) is 5.99. The number of carbonyl (C=O) groups excluding carboxylic acids is 1. The fraction of sp³-hybridized carbons (Fsp3) is 0.462. The van der Waals surface area contributed by atoms with Gasteiger partial charge in [0.05, 0.1) is 12.7 Å². The predicted octanol–water partition coefficient (Wildman–Crippen LogP) is 2.35. The molecule has 1 aliphatic carbocycles. The number of amides is 1. The number of nitrogens with one attached hydrogen (secondary N) is 1. The molecule has 3 N–H and O–H groups in total. The summed E-state index contributed by atoms with van der Waals surface area (Å²) in [5, 5.41) is 2.85. The Morgan fingerprint density at radius 1 is 1.58 bits per heavy atom. The molecule has 4 nitrogen and oxygen atoms in total. The molecule has 1 atom stereocenters. The van der Waals surface area contributed by atoms with E-state index < -0.39 is 0 Å². The molecular formula is C13H18BrClN2O2. The molecule has 2 rings (SSSR count). The lowest BCUT2D eigenvalue weighted by atomic mass is 10.1. The van der Waals surface area contributed by atoms with Gasteiger partial charge in [0.15, 0.2) is 0 Å². The molecule has 1 aliphatic rings. The number of hydrogen-bond donors (Lipinski definition) is 2. The van der Waals surface area contributed by atoms with Crippen LogP contribution in [0.1, 0.15) is 23.2 Å². The van der Waals surface area contributed by atoms with Crippen LogP contribution in [0, 0.1) is 5.92 Å². The average molecular weight is 350 g/mol. The molecule has 19 heavy (non-hydrogen) atoms. The number of halogens is 2. The fourth-order valence-corrected chi connectivity index (χ4v) is 2.19. The van der Waals surface area contributed by atoms with E-state index in [-0.39, 0.29) is 24.4 Å². The Hall–Kier alpha value is -0.780. The number of ether oxygens (including phenoxy) is 1. The highest BCUT2D eigenvalue weighted by Gasteiger charge is 2.28. The van der Waals surface area contributed by atoms with Crippen LogP contribution in [0.25, 0.3) is 0 Å². The normalized spacial score (nSPS) is 15.3. The second-order valence-corrected chi connectivity index (χ2v) is 5.47. The van der Waals surface area contributed by atoms with E-state index in [0.29, 0.717) is 23.8 Å². The van der Waals surface area contributed by atoms with E-state index in [1.54, 1.807) is 19.2 Å². The van der Waals surface area contributed by atoms with Crippen molar-refractivity contribution in [2.45, 2.75) is 18.9 Å². The Morgan fingerprint density at radius 2 is 2.26 bits per heavy atom. The van der Waals surface area contributed by atoms with Gasteiger partial charge in [0.25, 0.3) is 5.91 Å². The molecular weight excluding hydrogens is 332 g/mol. The Morgan fingerprint density at radius 3 is 2.84 bits per heavy atom. The highest BCUT2D eigenvalue weighted by Crippen LogP contribution is 2.31. The van der Waals surface area contributed by atoms with Gasteiger partial charge in [0.2, 0.25) is 0 Å². The van der Waals surface area contributed by atoms with E-state index in [9.17, 15) is 4.79 Å². The van der Waals surface area contributed by atoms with Gasteiger partial charge in [-0.15, -0.1) is 12.4 Å². The number of rotatable bonds is 5. The van der Waals surface area contributed by atoms with E-state index >= 15 is 0 Å². The summed E-state index contributed by atoms with van der Waals surface area (Å²) in [6.07, 6.45) is 2.36. The number of benzene rings is 1. The first kappa shape index (κ1) is 16.3. The molecule has 0 heterocycles. The van der Waals surface area contributed by atoms with Gasteiger partial charge in [-0.05, 0) is 37.0 Å². The Labute approximate surface area is 127 Å². The standard InChI is InChI=1S/C13H17BrN2O2.ClH/c1-18-12-6-9(14)4-5-10(12)13(17)16-7-11(15)8-2-3-8;/h4-6,8,11H,2-3,7,15H2,1H3,(H,16,17);1H. The maximum Gasteiger partial charge on any atom is 0.255 e. The van der Waals surface area contributed by atoms with Crippen LogP contribution < -0.4 is 15.8 Å². The molecule has 0 bridgehead atoms. The van der Waals surface area contributed by atoms with Crippen LogP contribution in [0.4, 0.5) is 0 Å². The van der Waals surface area contributed by atoms with Crippen molar-refractivity contribution in [2.75, 3.05) is 13.7 Å². The third-order valence-corrected chi connectivity index (χ3v) is 3.63. The van der Waals surface area contributed by atoms with Gasteiger partial charge in [0, 0.05) is 17.1 Å². The molecule has 1 unspecified atom stereocenters. The van der Waals surface area contributed by atoms with E-state index in [1.807, 2.05) is 6.07 Å². The second-order valence-electron chi connectivity index (χ2n) is 4.56. The maximum absolute atomic E-state index is 12.0. The summed E-state index contributed by atoms with van der Waals surface area (Å²) in [7, 11) is 1.55. The van der Waals surface area contributed by atoms with Gasteiger partial charge < -0.3 is 15.8 Å². The first-order chi connectivity index (χ1) is 8.61. The Bertz CT molecular complexity index is 452. The number of carbonyl (C=O) groups is 1. The van der Waals surface area contributed by atoms with Crippen LogP contribution in [0.5, 0.6) is 5.75 Å². The third kappa shape index (κ3) is 4.37. The van der Waals surface area contributed by atoms with Crippen molar-refractivity contribution >= 4 is 34.2 Å². The van der Waals surface area contributed by atoms with Crippen LogP contribution in [0.15, 0.2) is 22.7 Å². The zero-order valence-electron chi connectivity index (χ0n) is 10.7. The zero-order valence-corrected chi connectivity index (χ0v) is 13.1. The first-order valence-corrected chi connectivity index (χ1v) is 6.78. The Balaban J connectivity index is 0.00000180. The molecule has 0 aliphatic heterocycles. The highest BCUT2D eigenvalue weighted by atomic mass is 79.9. The van der Waals surface area contributed by atoms with Crippen LogP contribution in [-0.2, 0) is 0 Å². The minimum absolute atomic E-state index is 0. The molecule has 0 spiro atoms. The van der Waals surface area contributed by atoms with Crippen molar-refractivity contribution in [1.29, 1.82) is 0 Å². The SMILES string of the molecule is COc1cc(Br)ccc1C(=O)NCC(N)C1CC1.Cl. The highest BCUT2D eigenvalue weighted by molar-refractivity contribution is 9.10. The molecule has 1 saturated carbocycles. The molecule has 1 amide bonds. The van der Waals surface area contributed by atoms with E-state index in [2.05, 4.69) is 21.2 Å². The average Bonchev–Trinajstić information content (AvgIpc) is 3.19. The quantitative estimate of drug-likeness (QED) is 0.857. The summed E-state index contributed by atoms with van der Waals surface area (Å²) >= 11 is 3.34. The van der Waals surface area contributed by atoms with Crippen molar-refractivity contribution in [3.63, 3.8) is 0 Å². The van der Waals surface area contributed by atoms with E-state index in [1.165, 1.54) is 12.8 Å². The number of methoxy groups -OCH3 is 1. The van der Waals surface area contributed by atoms with Crippen molar-refractivity contribution in [2.24, 2.45) is 11.7 Å². The zero-order chi connectivity index (χ0) is 13.1.